The molecule has 12 heteroatoms. The summed E-state index contributed by atoms with van der Waals surface area (Å²) in [5.74, 6) is -4.32. The third-order valence-electron chi connectivity index (χ3n) is 5.33. The second-order valence-electron chi connectivity index (χ2n) is 7.80. The number of hydrogen-bond donors (Lipinski definition) is 4. The van der Waals surface area contributed by atoms with Gasteiger partial charge in [-0.1, -0.05) is 0 Å². The van der Waals surface area contributed by atoms with Gasteiger partial charge in [-0.3, -0.25) is 14.4 Å². The molecule has 172 valence electrons. The van der Waals surface area contributed by atoms with Gasteiger partial charge in [0.15, 0.2) is 23.7 Å². The van der Waals surface area contributed by atoms with E-state index in [-0.39, 0.29) is 29.7 Å². The van der Waals surface area contributed by atoms with E-state index >= 15 is 0 Å². The average molecular weight is 451 g/mol. The van der Waals surface area contributed by atoms with Gasteiger partial charge in [0.05, 0.1) is 5.69 Å². The van der Waals surface area contributed by atoms with E-state index in [1.165, 1.54) is 20.0 Å². The molecule has 1 aliphatic heterocycles. The average Bonchev–Trinajstić information content (AvgIpc) is 2.67. The van der Waals surface area contributed by atoms with E-state index in [4.69, 9.17) is 9.47 Å². The molecule has 1 aromatic carbocycles. The number of nitrogens with one attached hydrogen (secondary N) is 2. The number of aromatic nitrogens is 2. The van der Waals surface area contributed by atoms with Crippen LogP contribution in [0.1, 0.15) is 25.5 Å². The summed E-state index contributed by atoms with van der Waals surface area (Å²) in [6.07, 6.45) is -0.582. The molecule has 0 spiro atoms. The molecular formula is C20H23F2N5O5. The maximum atomic E-state index is 13.7. The van der Waals surface area contributed by atoms with Gasteiger partial charge in [0.25, 0.3) is 0 Å². The number of carbonyl (C=O) groups is 1. The Balaban J connectivity index is 1.44. The van der Waals surface area contributed by atoms with Crippen molar-refractivity contribution >= 4 is 23.4 Å². The number of aryl methyl sites for hydroxylation is 1. The van der Waals surface area contributed by atoms with Crippen molar-refractivity contribution in [3.05, 3.63) is 35.5 Å². The van der Waals surface area contributed by atoms with Crippen LogP contribution < -0.4 is 20.3 Å². The molecular weight excluding hydrogens is 428 g/mol. The highest BCUT2D eigenvalue weighted by atomic mass is 19.1. The number of anilines is 3. The van der Waals surface area contributed by atoms with E-state index in [1.54, 1.807) is 6.92 Å². The first kappa shape index (κ1) is 22.1. The summed E-state index contributed by atoms with van der Waals surface area (Å²) in [6, 6.07) is 3.10. The number of aliphatic hydroxyl groups is 2. The summed E-state index contributed by atoms with van der Waals surface area (Å²) in [4.78, 5) is 22.2. The van der Waals surface area contributed by atoms with Gasteiger partial charge in [-0.2, -0.15) is 4.98 Å². The first-order valence-electron chi connectivity index (χ1n) is 9.97. The highest BCUT2D eigenvalue weighted by molar-refractivity contribution is 6.04. The molecule has 0 saturated heterocycles. The summed E-state index contributed by atoms with van der Waals surface area (Å²) < 4.78 is 37.3. The van der Waals surface area contributed by atoms with Crippen molar-refractivity contribution in [2.45, 2.75) is 51.0 Å². The lowest BCUT2D eigenvalue weighted by Gasteiger charge is -2.41. The van der Waals surface area contributed by atoms with Crippen LogP contribution in [-0.4, -0.2) is 57.5 Å². The number of carbonyl (C=O) groups excluding carboxylic acids is 1. The molecule has 0 unspecified atom stereocenters. The molecule has 0 radical (unpaired) electrons. The summed E-state index contributed by atoms with van der Waals surface area (Å²) in [7, 11) is 1.40. The van der Waals surface area contributed by atoms with Crippen molar-refractivity contribution in [2.24, 2.45) is 0 Å². The lowest BCUT2D eigenvalue weighted by molar-refractivity contribution is -0.257. The predicted octanol–water partition coefficient (Wildman–Crippen LogP) is 1.47. The first-order valence-corrected chi connectivity index (χ1v) is 9.97. The Morgan fingerprint density at radius 2 is 2.06 bits per heavy atom. The largest absolute Gasteiger partial charge is 0.487 e. The van der Waals surface area contributed by atoms with Gasteiger partial charge in [-0.05, 0) is 26.0 Å². The molecule has 4 rings (SSSR count). The zero-order valence-electron chi connectivity index (χ0n) is 17.6. The SMILES string of the molecule is Cc1nc(N[C@H]2C[C@H](Oc3ccc(F)cc3F)C2)nc2c1NC(=O)[C@@](O)(O[C@@H](C)O)N2C. The van der Waals surface area contributed by atoms with E-state index in [9.17, 15) is 23.8 Å². The Labute approximate surface area is 182 Å². The van der Waals surface area contributed by atoms with Crippen molar-refractivity contribution in [1.29, 1.82) is 0 Å². The molecule has 2 heterocycles. The second-order valence-corrected chi connectivity index (χ2v) is 7.80. The smallest absolute Gasteiger partial charge is 0.336 e. The molecule has 2 atom stereocenters. The molecule has 32 heavy (non-hydrogen) atoms. The van der Waals surface area contributed by atoms with Crippen molar-refractivity contribution in [3.8, 4) is 5.75 Å². The molecule has 1 amide bonds. The molecule has 10 nitrogen and oxygen atoms in total. The fourth-order valence-corrected chi connectivity index (χ4v) is 3.59. The summed E-state index contributed by atoms with van der Waals surface area (Å²) in [6.45, 7) is 2.93. The number of ether oxygens (including phenoxy) is 2. The zero-order chi connectivity index (χ0) is 23.2. The highest BCUT2D eigenvalue weighted by Gasteiger charge is 2.49. The zero-order valence-corrected chi connectivity index (χ0v) is 17.6. The number of halogens is 2. The van der Waals surface area contributed by atoms with Gasteiger partial charge in [0.1, 0.15) is 17.6 Å². The number of amides is 1. The topological polar surface area (TPSA) is 129 Å². The molecule has 0 bridgehead atoms. The fourth-order valence-electron chi connectivity index (χ4n) is 3.59. The quantitative estimate of drug-likeness (QED) is 0.483. The van der Waals surface area contributed by atoms with Crippen LogP contribution in [0.3, 0.4) is 0 Å². The second kappa shape index (κ2) is 8.11. The van der Waals surface area contributed by atoms with Crippen molar-refractivity contribution in [1.82, 2.24) is 9.97 Å². The Bertz CT molecular complexity index is 1050. The minimum Gasteiger partial charge on any atom is -0.487 e. The predicted molar refractivity (Wildman–Crippen MR) is 109 cm³/mol. The summed E-state index contributed by atoms with van der Waals surface area (Å²) in [5.41, 5.74) is 0.765. The third-order valence-corrected chi connectivity index (χ3v) is 5.33. The normalized spacial score (nSPS) is 25.5. The van der Waals surface area contributed by atoms with Gasteiger partial charge in [-0.25, -0.2) is 13.8 Å². The number of benzene rings is 1. The van der Waals surface area contributed by atoms with E-state index in [1.807, 2.05) is 0 Å². The maximum absolute atomic E-state index is 13.7. The minimum absolute atomic E-state index is 0.00881. The molecule has 1 aromatic heterocycles. The standard InChI is InChI=1S/C20H23F2N5O5/c1-9-16-17(27(3)20(30,18(29)25-16)32-10(2)28)26-19(23-9)24-12-7-13(8-12)31-15-5-4-11(21)6-14(15)22/h4-6,10,12-13,28,30H,7-8H2,1-3H3,(H,25,29)(H,23,24,26)/t10-,12-,13-,20+/m0/s1. The van der Waals surface area contributed by atoms with Gasteiger partial charge in [0, 0.05) is 32.0 Å². The molecule has 1 aliphatic carbocycles. The van der Waals surface area contributed by atoms with Crippen LogP contribution in [0.5, 0.6) is 5.75 Å². The molecule has 1 fully saturated rings. The van der Waals surface area contributed by atoms with Gasteiger partial charge < -0.3 is 25.6 Å². The molecule has 2 aliphatic rings. The van der Waals surface area contributed by atoms with Gasteiger partial charge in [-0.15, -0.1) is 0 Å². The molecule has 4 N–H and O–H groups in total. The van der Waals surface area contributed by atoms with Crippen LogP contribution in [0.4, 0.5) is 26.2 Å². The van der Waals surface area contributed by atoms with E-state index in [0.29, 0.717) is 24.2 Å². The molecule has 2 aromatic rings. The van der Waals surface area contributed by atoms with Crippen molar-refractivity contribution < 1.29 is 33.3 Å². The minimum atomic E-state index is -2.45. The van der Waals surface area contributed by atoms with Crippen LogP contribution in [0, 0.1) is 18.6 Å². The van der Waals surface area contributed by atoms with Gasteiger partial charge in [0.2, 0.25) is 5.95 Å². The number of likely N-dealkylation sites (N-methyl/N-ethyl adjacent to an activating group) is 1. The third kappa shape index (κ3) is 4.04. The van der Waals surface area contributed by atoms with Crippen LogP contribution in [-0.2, 0) is 9.53 Å². The number of fused-ring (bicyclic) bond motifs is 1. The number of nitrogens with zero attached hydrogens (tertiary/aromatic N) is 3. The fraction of sp³-hybridized carbons (Fsp3) is 0.450. The van der Waals surface area contributed by atoms with Crippen molar-refractivity contribution in [2.75, 3.05) is 22.6 Å². The lowest BCUT2D eigenvalue weighted by Crippen LogP contribution is -2.61. The summed E-state index contributed by atoms with van der Waals surface area (Å²) >= 11 is 0. The van der Waals surface area contributed by atoms with E-state index < -0.39 is 29.7 Å². The lowest BCUT2D eigenvalue weighted by atomic mass is 9.89. The number of rotatable bonds is 6. The van der Waals surface area contributed by atoms with E-state index in [2.05, 4.69) is 20.6 Å². The Hall–Kier alpha value is -3.09. The maximum Gasteiger partial charge on any atom is 0.336 e. The van der Waals surface area contributed by atoms with E-state index in [0.717, 1.165) is 17.0 Å². The highest BCUT2D eigenvalue weighted by Crippen LogP contribution is 2.37. The van der Waals surface area contributed by atoms with Crippen LogP contribution in [0.15, 0.2) is 18.2 Å². The Morgan fingerprint density at radius 1 is 1.34 bits per heavy atom. The van der Waals surface area contributed by atoms with Crippen LogP contribution in [0.2, 0.25) is 0 Å². The molecule has 1 saturated carbocycles. The monoisotopic (exact) mass is 451 g/mol. The Morgan fingerprint density at radius 3 is 2.72 bits per heavy atom. The van der Waals surface area contributed by atoms with Crippen LogP contribution >= 0.6 is 0 Å². The number of aliphatic hydroxyl groups excluding tert-OH is 1. The van der Waals surface area contributed by atoms with Gasteiger partial charge >= 0.3 is 11.8 Å². The first-order chi connectivity index (χ1) is 15.1. The van der Waals surface area contributed by atoms with Crippen LogP contribution in [0.25, 0.3) is 0 Å². The summed E-state index contributed by atoms with van der Waals surface area (Å²) in [5, 5.41) is 25.8. The number of hydrogen-bond acceptors (Lipinski definition) is 9. The Kier molecular flexibility index (Phi) is 5.61. The van der Waals surface area contributed by atoms with Crippen molar-refractivity contribution in [3.63, 3.8) is 0 Å².